The van der Waals surface area contributed by atoms with Crippen molar-refractivity contribution in [1.82, 2.24) is 20.0 Å². The minimum atomic E-state index is -2.07. The van der Waals surface area contributed by atoms with Crippen molar-refractivity contribution in [2.75, 3.05) is 6.61 Å². The van der Waals surface area contributed by atoms with Crippen molar-refractivity contribution in [2.45, 2.75) is 34.7 Å². The van der Waals surface area contributed by atoms with E-state index in [1.165, 1.54) is 18.3 Å². The largest absolute Gasteiger partial charge is 0.394 e. The van der Waals surface area contributed by atoms with Gasteiger partial charge in [-0.3, -0.25) is 4.21 Å². The van der Waals surface area contributed by atoms with Crippen LogP contribution in [0.3, 0.4) is 0 Å². The van der Waals surface area contributed by atoms with Gasteiger partial charge in [0.2, 0.25) is 0 Å². The Kier molecular flexibility index (Phi) is 6.79. The van der Waals surface area contributed by atoms with E-state index in [2.05, 4.69) is 15.3 Å². The standard InChI is InChI=1S/C19H16ClF3N4O5S/c20-18-13(2-1-3-24-18)33(31)19-17(30)15(16(29)12(7-28)32-19)27-6-11(25-26-27)8-4-9(21)14(23)10(22)5-8/h1-6,12,15-17,19,28-30H,7H2/t12-,15+,16+,17-,19-,33+/m1/s1. The predicted octanol–water partition coefficient (Wildman–Crippen LogP) is 1.20. The number of ether oxygens (including phenoxy) is 1. The Balaban J connectivity index is 1.69. The minimum Gasteiger partial charge on any atom is -0.394 e. The van der Waals surface area contributed by atoms with Crippen molar-refractivity contribution in [3.63, 3.8) is 0 Å². The van der Waals surface area contributed by atoms with Gasteiger partial charge in [0, 0.05) is 11.8 Å². The molecule has 1 aliphatic rings. The molecule has 1 saturated heterocycles. The number of halogens is 4. The van der Waals surface area contributed by atoms with E-state index in [0.717, 1.165) is 10.9 Å². The van der Waals surface area contributed by atoms with Crippen LogP contribution in [0.25, 0.3) is 11.3 Å². The Labute approximate surface area is 191 Å². The fraction of sp³-hybridized carbons (Fsp3) is 0.316. The van der Waals surface area contributed by atoms with Crippen LogP contribution in [0, 0.1) is 17.5 Å². The Morgan fingerprint density at radius 3 is 2.52 bits per heavy atom. The maximum atomic E-state index is 13.6. The minimum absolute atomic E-state index is 0.0617. The fourth-order valence-electron chi connectivity index (χ4n) is 3.46. The fourth-order valence-corrected chi connectivity index (χ4v) is 5.15. The van der Waals surface area contributed by atoms with E-state index in [4.69, 9.17) is 16.3 Å². The van der Waals surface area contributed by atoms with Crippen molar-refractivity contribution in [2.24, 2.45) is 0 Å². The van der Waals surface area contributed by atoms with E-state index in [1.807, 2.05) is 0 Å². The third kappa shape index (κ3) is 4.39. The molecule has 3 N–H and O–H groups in total. The van der Waals surface area contributed by atoms with Gasteiger partial charge in [-0.2, -0.15) is 0 Å². The van der Waals surface area contributed by atoms with Gasteiger partial charge in [-0.15, -0.1) is 5.10 Å². The Morgan fingerprint density at radius 2 is 1.88 bits per heavy atom. The highest BCUT2D eigenvalue weighted by molar-refractivity contribution is 7.85. The summed E-state index contributed by atoms with van der Waals surface area (Å²) in [6.45, 7) is -0.686. The molecule has 0 aliphatic carbocycles. The number of aromatic nitrogens is 4. The summed E-state index contributed by atoms with van der Waals surface area (Å²) in [5, 5.41) is 38.7. The van der Waals surface area contributed by atoms with Crippen LogP contribution in [-0.4, -0.2) is 69.9 Å². The number of hydrogen-bond donors (Lipinski definition) is 3. The maximum absolute atomic E-state index is 13.6. The number of benzene rings is 1. The molecule has 14 heteroatoms. The van der Waals surface area contributed by atoms with Crippen LogP contribution < -0.4 is 0 Å². The van der Waals surface area contributed by atoms with E-state index in [9.17, 15) is 32.7 Å². The lowest BCUT2D eigenvalue weighted by atomic mass is 9.97. The van der Waals surface area contributed by atoms with Crippen LogP contribution >= 0.6 is 11.6 Å². The zero-order valence-electron chi connectivity index (χ0n) is 16.4. The molecule has 1 aromatic carbocycles. The summed E-state index contributed by atoms with van der Waals surface area (Å²) in [5.41, 5.74) is -1.69. The van der Waals surface area contributed by atoms with Crippen LogP contribution in [0.1, 0.15) is 6.04 Å². The number of aliphatic hydroxyl groups excluding tert-OH is 3. The molecule has 0 radical (unpaired) electrons. The smallest absolute Gasteiger partial charge is 0.194 e. The van der Waals surface area contributed by atoms with Gasteiger partial charge in [-0.05, 0) is 24.3 Å². The molecule has 6 atom stereocenters. The zero-order valence-corrected chi connectivity index (χ0v) is 18.0. The summed E-state index contributed by atoms with van der Waals surface area (Å²) in [5.74, 6) is -4.52. The molecule has 4 rings (SSSR count). The highest BCUT2D eigenvalue weighted by Gasteiger charge is 2.48. The van der Waals surface area contributed by atoms with E-state index in [-0.39, 0.29) is 21.3 Å². The third-order valence-corrected chi connectivity index (χ3v) is 7.08. The third-order valence-electron chi connectivity index (χ3n) is 5.10. The van der Waals surface area contributed by atoms with Crippen molar-refractivity contribution in [3.05, 3.63) is 59.3 Å². The molecule has 2 aromatic heterocycles. The normalized spacial score (nSPS) is 26.3. The molecule has 3 heterocycles. The Hall–Kier alpha value is -2.42. The highest BCUT2D eigenvalue weighted by Crippen LogP contribution is 2.35. The SMILES string of the molecule is O=[S@@](c1cccnc1Cl)[C@H]1O[C@H](CO)[C@H](O)[C@H](n2cc(-c3cc(F)c(F)c(F)c3)nn2)[C@H]1O. The van der Waals surface area contributed by atoms with Crippen LogP contribution in [0.4, 0.5) is 13.2 Å². The molecule has 33 heavy (non-hydrogen) atoms. The van der Waals surface area contributed by atoms with E-state index in [1.54, 1.807) is 0 Å². The molecule has 9 nitrogen and oxygen atoms in total. The van der Waals surface area contributed by atoms with Gasteiger partial charge in [0.25, 0.3) is 0 Å². The van der Waals surface area contributed by atoms with E-state index < -0.39 is 64.6 Å². The lowest BCUT2D eigenvalue weighted by molar-refractivity contribution is -0.179. The average Bonchev–Trinajstić information content (AvgIpc) is 3.27. The molecular weight excluding hydrogens is 489 g/mol. The summed E-state index contributed by atoms with van der Waals surface area (Å²) in [4.78, 5) is 3.89. The molecule has 1 fully saturated rings. The monoisotopic (exact) mass is 504 g/mol. The van der Waals surface area contributed by atoms with Crippen molar-refractivity contribution in [1.29, 1.82) is 0 Å². The van der Waals surface area contributed by atoms with Crippen LogP contribution in [0.2, 0.25) is 5.15 Å². The van der Waals surface area contributed by atoms with Crippen LogP contribution in [0.15, 0.2) is 41.6 Å². The van der Waals surface area contributed by atoms with Crippen molar-refractivity contribution >= 4 is 22.4 Å². The first-order valence-electron chi connectivity index (χ1n) is 9.43. The molecular formula is C19H16ClF3N4O5S. The van der Waals surface area contributed by atoms with Crippen LogP contribution in [-0.2, 0) is 15.5 Å². The van der Waals surface area contributed by atoms with Gasteiger partial charge in [-0.25, -0.2) is 22.8 Å². The van der Waals surface area contributed by atoms with E-state index in [0.29, 0.717) is 12.1 Å². The van der Waals surface area contributed by atoms with Gasteiger partial charge in [0.1, 0.15) is 35.2 Å². The molecule has 3 aromatic rings. The first-order valence-corrected chi connectivity index (χ1v) is 11.0. The lowest BCUT2D eigenvalue weighted by Crippen LogP contribution is -2.57. The number of aliphatic hydroxyl groups is 3. The summed E-state index contributed by atoms with van der Waals surface area (Å²) < 4.78 is 60.0. The molecule has 0 unspecified atom stereocenters. The zero-order chi connectivity index (χ0) is 23.9. The second-order valence-electron chi connectivity index (χ2n) is 7.12. The summed E-state index contributed by atoms with van der Waals surface area (Å²) in [6, 6.07) is 3.00. The van der Waals surface area contributed by atoms with Crippen molar-refractivity contribution in [3.8, 4) is 11.3 Å². The maximum Gasteiger partial charge on any atom is 0.194 e. The summed E-state index contributed by atoms with van der Waals surface area (Å²) in [6.07, 6.45) is -1.91. The number of pyridine rings is 1. The Bertz CT molecular complexity index is 1180. The van der Waals surface area contributed by atoms with Crippen LogP contribution in [0.5, 0.6) is 0 Å². The first kappa shape index (κ1) is 23.7. The molecule has 176 valence electrons. The molecule has 0 spiro atoms. The van der Waals surface area contributed by atoms with Gasteiger partial charge in [0.15, 0.2) is 22.9 Å². The summed E-state index contributed by atoms with van der Waals surface area (Å²) >= 11 is 5.99. The first-order chi connectivity index (χ1) is 15.7. The van der Waals surface area contributed by atoms with Gasteiger partial charge >= 0.3 is 0 Å². The number of hydrogen-bond acceptors (Lipinski definition) is 8. The molecule has 0 bridgehead atoms. The molecule has 0 saturated carbocycles. The molecule has 1 aliphatic heterocycles. The second-order valence-corrected chi connectivity index (χ2v) is 8.98. The van der Waals surface area contributed by atoms with Gasteiger partial charge in [-0.1, -0.05) is 16.8 Å². The topological polar surface area (TPSA) is 131 Å². The quantitative estimate of drug-likeness (QED) is 0.349. The molecule has 0 amide bonds. The second kappa shape index (κ2) is 9.44. The van der Waals surface area contributed by atoms with Crippen molar-refractivity contribution < 1.29 is 37.4 Å². The number of nitrogens with zero attached hydrogens (tertiary/aromatic N) is 4. The van der Waals surface area contributed by atoms with E-state index >= 15 is 0 Å². The lowest BCUT2D eigenvalue weighted by Gasteiger charge is -2.41. The Morgan fingerprint density at radius 1 is 1.18 bits per heavy atom. The highest BCUT2D eigenvalue weighted by atomic mass is 35.5. The predicted molar refractivity (Wildman–Crippen MR) is 108 cm³/mol. The van der Waals surface area contributed by atoms with Gasteiger partial charge in [0.05, 0.1) is 28.5 Å². The average molecular weight is 505 g/mol. The van der Waals surface area contributed by atoms with Gasteiger partial charge < -0.3 is 20.1 Å². The number of rotatable bonds is 5. The summed E-state index contributed by atoms with van der Waals surface area (Å²) in [7, 11) is -2.07.